The first-order valence-electron chi connectivity index (χ1n) is 6.86. The van der Waals surface area contributed by atoms with Gasteiger partial charge in [0.25, 0.3) is 0 Å². The number of aromatic nitrogens is 2. The third-order valence-electron chi connectivity index (χ3n) is 3.71. The monoisotopic (exact) mass is 269 g/mol. The molecular weight excluding hydrogens is 254 g/mol. The molecule has 1 aromatic heterocycles. The topological polar surface area (TPSA) is 56.3 Å². The highest BCUT2D eigenvalue weighted by atomic mass is 16.7. The van der Waals surface area contributed by atoms with Gasteiger partial charge in [0.05, 0.1) is 11.7 Å². The summed E-state index contributed by atoms with van der Waals surface area (Å²) in [6.45, 7) is 1.34. The molecule has 1 fully saturated rings. The lowest BCUT2D eigenvalue weighted by Gasteiger charge is -2.10. The van der Waals surface area contributed by atoms with Crippen LogP contribution in [0.2, 0.25) is 0 Å². The minimum Gasteiger partial charge on any atom is -0.454 e. The summed E-state index contributed by atoms with van der Waals surface area (Å²) in [5.41, 5.74) is 1.94. The number of nitrogens with one attached hydrogen (secondary N) is 1. The molecule has 0 spiro atoms. The molecule has 3 heterocycles. The van der Waals surface area contributed by atoms with Crippen molar-refractivity contribution >= 4 is 0 Å². The van der Waals surface area contributed by atoms with Gasteiger partial charge in [-0.15, -0.1) is 0 Å². The Morgan fingerprint density at radius 1 is 1.15 bits per heavy atom. The second-order valence-electron chi connectivity index (χ2n) is 5.02. The molecule has 0 aliphatic carbocycles. The van der Waals surface area contributed by atoms with Gasteiger partial charge in [0.15, 0.2) is 11.5 Å². The van der Waals surface area contributed by atoms with Crippen molar-refractivity contribution in [3.8, 4) is 22.8 Å². The number of hydrogen-bond acceptors (Lipinski definition) is 5. The molecular formula is C15H15N3O2. The van der Waals surface area contributed by atoms with Gasteiger partial charge in [0, 0.05) is 11.8 Å². The van der Waals surface area contributed by atoms with Gasteiger partial charge < -0.3 is 14.8 Å². The van der Waals surface area contributed by atoms with Crippen molar-refractivity contribution in [1.82, 2.24) is 15.3 Å². The lowest BCUT2D eigenvalue weighted by Crippen LogP contribution is -2.15. The fourth-order valence-corrected chi connectivity index (χ4v) is 2.66. The van der Waals surface area contributed by atoms with E-state index in [0.29, 0.717) is 6.79 Å². The summed E-state index contributed by atoms with van der Waals surface area (Å²) >= 11 is 0. The Balaban J connectivity index is 1.69. The van der Waals surface area contributed by atoms with E-state index in [0.717, 1.165) is 41.5 Å². The van der Waals surface area contributed by atoms with Gasteiger partial charge in [-0.1, -0.05) is 0 Å². The molecule has 0 amide bonds. The molecule has 1 unspecified atom stereocenters. The van der Waals surface area contributed by atoms with E-state index in [1.807, 2.05) is 30.5 Å². The molecule has 0 saturated carbocycles. The van der Waals surface area contributed by atoms with Crippen LogP contribution in [0, 0.1) is 0 Å². The third-order valence-corrected chi connectivity index (χ3v) is 3.71. The van der Waals surface area contributed by atoms with Crippen molar-refractivity contribution in [1.29, 1.82) is 0 Å². The predicted octanol–water partition coefficient (Wildman–Crippen LogP) is 2.30. The summed E-state index contributed by atoms with van der Waals surface area (Å²) in [5, 5.41) is 3.42. The molecule has 2 aromatic rings. The number of benzene rings is 1. The van der Waals surface area contributed by atoms with Gasteiger partial charge in [-0.3, -0.25) is 0 Å². The third kappa shape index (κ3) is 2.00. The van der Waals surface area contributed by atoms with Crippen LogP contribution in [-0.2, 0) is 0 Å². The SMILES string of the molecule is c1cc(-c2ccc3c(c2)OCO3)nc(C2CCCN2)n1. The highest BCUT2D eigenvalue weighted by molar-refractivity contribution is 5.64. The number of fused-ring (bicyclic) bond motifs is 1. The normalized spacial score (nSPS) is 20.3. The van der Waals surface area contributed by atoms with Crippen LogP contribution in [0.1, 0.15) is 24.7 Å². The number of rotatable bonds is 2. The van der Waals surface area contributed by atoms with Crippen LogP contribution < -0.4 is 14.8 Å². The first kappa shape index (κ1) is 11.7. The van der Waals surface area contributed by atoms with Crippen LogP contribution in [0.5, 0.6) is 11.5 Å². The molecule has 0 radical (unpaired) electrons. The highest BCUT2D eigenvalue weighted by Crippen LogP contribution is 2.35. The molecule has 2 aliphatic heterocycles. The lowest BCUT2D eigenvalue weighted by atomic mass is 10.1. The fraction of sp³-hybridized carbons (Fsp3) is 0.333. The second kappa shape index (κ2) is 4.76. The van der Waals surface area contributed by atoms with Gasteiger partial charge in [-0.25, -0.2) is 9.97 Å². The number of ether oxygens (including phenoxy) is 2. The zero-order valence-electron chi connectivity index (χ0n) is 11.0. The Labute approximate surface area is 117 Å². The molecule has 1 aromatic carbocycles. The largest absolute Gasteiger partial charge is 0.454 e. The fourth-order valence-electron chi connectivity index (χ4n) is 2.66. The molecule has 1 N–H and O–H groups in total. The van der Waals surface area contributed by atoms with E-state index in [4.69, 9.17) is 9.47 Å². The Morgan fingerprint density at radius 3 is 3.00 bits per heavy atom. The summed E-state index contributed by atoms with van der Waals surface area (Å²) in [5.74, 6) is 2.44. The molecule has 5 nitrogen and oxygen atoms in total. The van der Waals surface area contributed by atoms with E-state index in [-0.39, 0.29) is 6.04 Å². The van der Waals surface area contributed by atoms with Crippen LogP contribution in [0.4, 0.5) is 0 Å². The summed E-state index contributed by atoms with van der Waals surface area (Å²) < 4.78 is 10.7. The lowest BCUT2D eigenvalue weighted by molar-refractivity contribution is 0.174. The first-order chi connectivity index (χ1) is 9.90. The second-order valence-corrected chi connectivity index (χ2v) is 5.02. The van der Waals surface area contributed by atoms with Crippen molar-refractivity contribution < 1.29 is 9.47 Å². The standard InChI is InChI=1S/C15H15N3O2/c1-2-12(16-6-1)15-17-7-5-11(18-15)10-3-4-13-14(8-10)20-9-19-13/h3-5,7-8,12,16H,1-2,6,9H2. The summed E-state index contributed by atoms with van der Waals surface area (Å²) in [7, 11) is 0. The summed E-state index contributed by atoms with van der Waals surface area (Å²) in [4.78, 5) is 9.07. The zero-order valence-corrected chi connectivity index (χ0v) is 11.0. The first-order valence-corrected chi connectivity index (χ1v) is 6.86. The number of hydrogen-bond donors (Lipinski definition) is 1. The molecule has 1 atom stereocenters. The molecule has 5 heteroatoms. The van der Waals surface area contributed by atoms with E-state index in [2.05, 4.69) is 15.3 Å². The summed E-state index contributed by atoms with van der Waals surface area (Å²) in [6.07, 6.45) is 4.11. The van der Waals surface area contributed by atoms with Crippen molar-refractivity contribution in [2.75, 3.05) is 13.3 Å². The smallest absolute Gasteiger partial charge is 0.231 e. The zero-order chi connectivity index (χ0) is 13.4. The van der Waals surface area contributed by atoms with E-state index in [1.165, 1.54) is 6.42 Å². The van der Waals surface area contributed by atoms with Crippen molar-refractivity contribution in [2.45, 2.75) is 18.9 Å². The molecule has 20 heavy (non-hydrogen) atoms. The van der Waals surface area contributed by atoms with Crippen molar-refractivity contribution in [3.05, 3.63) is 36.3 Å². The van der Waals surface area contributed by atoms with E-state index in [1.54, 1.807) is 0 Å². The Kier molecular flexibility index (Phi) is 2.77. The maximum atomic E-state index is 5.41. The highest BCUT2D eigenvalue weighted by Gasteiger charge is 2.20. The average Bonchev–Trinajstić information content (AvgIpc) is 3.18. The minimum atomic E-state index is 0.281. The van der Waals surface area contributed by atoms with E-state index >= 15 is 0 Å². The van der Waals surface area contributed by atoms with Crippen LogP contribution in [0.15, 0.2) is 30.5 Å². The van der Waals surface area contributed by atoms with Gasteiger partial charge in [-0.2, -0.15) is 0 Å². The predicted molar refractivity (Wildman–Crippen MR) is 73.6 cm³/mol. The van der Waals surface area contributed by atoms with Gasteiger partial charge in [0.2, 0.25) is 6.79 Å². The Morgan fingerprint density at radius 2 is 2.10 bits per heavy atom. The number of nitrogens with zero attached hydrogens (tertiary/aromatic N) is 2. The molecule has 4 rings (SSSR count). The molecule has 102 valence electrons. The Bertz CT molecular complexity index is 639. The van der Waals surface area contributed by atoms with Crippen molar-refractivity contribution in [2.24, 2.45) is 0 Å². The quantitative estimate of drug-likeness (QED) is 0.906. The Hall–Kier alpha value is -2.14. The van der Waals surface area contributed by atoms with Crippen LogP contribution in [0.3, 0.4) is 0 Å². The van der Waals surface area contributed by atoms with Crippen LogP contribution >= 0.6 is 0 Å². The van der Waals surface area contributed by atoms with Gasteiger partial charge in [0.1, 0.15) is 5.82 Å². The summed E-state index contributed by atoms with van der Waals surface area (Å²) in [6, 6.07) is 8.10. The van der Waals surface area contributed by atoms with Crippen molar-refractivity contribution in [3.63, 3.8) is 0 Å². The van der Waals surface area contributed by atoms with Crippen LogP contribution in [0.25, 0.3) is 11.3 Å². The molecule has 2 aliphatic rings. The average molecular weight is 269 g/mol. The van der Waals surface area contributed by atoms with Gasteiger partial charge in [-0.05, 0) is 43.7 Å². The van der Waals surface area contributed by atoms with E-state index < -0.39 is 0 Å². The maximum Gasteiger partial charge on any atom is 0.231 e. The molecule has 0 bridgehead atoms. The van der Waals surface area contributed by atoms with E-state index in [9.17, 15) is 0 Å². The maximum absolute atomic E-state index is 5.41. The van der Waals surface area contributed by atoms with Crippen LogP contribution in [-0.4, -0.2) is 23.3 Å². The molecule has 1 saturated heterocycles. The minimum absolute atomic E-state index is 0.281. The van der Waals surface area contributed by atoms with Gasteiger partial charge >= 0.3 is 0 Å².